The van der Waals surface area contributed by atoms with Gasteiger partial charge in [0.15, 0.2) is 0 Å². The number of nitrogens with zero attached hydrogens (tertiary/aromatic N) is 1. The summed E-state index contributed by atoms with van der Waals surface area (Å²) in [6, 6.07) is 8.01. The van der Waals surface area contributed by atoms with Crippen LogP contribution in [-0.4, -0.2) is 55.0 Å². The number of fused-ring (bicyclic) bond motifs is 7. The number of hydrogen-bond acceptors (Lipinski definition) is 4. The molecular weight excluding hydrogens is 642 g/mol. The van der Waals surface area contributed by atoms with Gasteiger partial charge in [0.2, 0.25) is 5.91 Å². The monoisotopic (exact) mass is 706 g/mol. The number of carbonyl (C=O) groups is 2. The molecule has 5 nitrogen and oxygen atoms in total. The van der Waals surface area contributed by atoms with Gasteiger partial charge in [0.05, 0.1) is 19.2 Å². The molecule has 51 heavy (non-hydrogen) atoms. The average molecular weight is 707 g/mol. The molecule has 0 spiro atoms. The van der Waals surface area contributed by atoms with E-state index in [2.05, 4.69) is 72.0 Å². The van der Waals surface area contributed by atoms with Crippen molar-refractivity contribution in [1.29, 1.82) is 0 Å². The van der Waals surface area contributed by atoms with Crippen LogP contribution >= 0.6 is 0 Å². The van der Waals surface area contributed by atoms with E-state index in [4.69, 9.17) is 4.74 Å². The highest BCUT2D eigenvalue weighted by Crippen LogP contribution is 2.76. The maximum absolute atomic E-state index is 13.9. The second kappa shape index (κ2) is 12.7. The van der Waals surface area contributed by atoms with Gasteiger partial charge in [-0.15, -0.1) is 0 Å². The highest BCUT2D eigenvalue weighted by molar-refractivity contribution is 5.90. The SMILES string of the molecule is COC(=O)c1ccc(C2=CC[C@@]3(C)C(CC[C@]4(C)C3CC[C@@H]3C5[C@H](C(C)C)CC[C@]5(NC(=O)CN5CCC(F)(F)CC5)CC[C@]34C)C2(C)C)cc1. The number of amides is 1. The predicted octanol–water partition coefficient (Wildman–Crippen LogP) is 9.80. The number of esters is 1. The summed E-state index contributed by atoms with van der Waals surface area (Å²) in [5.74, 6) is 0.494. The average Bonchev–Trinajstić information content (AvgIpc) is 3.45. The number of carbonyl (C=O) groups excluding carboxylic acids is 2. The van der Waals surface area contributed by atoms with Crippen molar-refractivity contribution in [3.63, 3.8) is 0 Å². The number of halogens is 2. The molecule has 0 bridgehead atoms. The van der Waals surface area contributed by atoms with Crippen molar-refractivity contribution in [3.05, 3.63) is 41.5 Å². The molecule has 1 aromatic rings. The van der Waals surface area contributed by atoms with Crippen molar-refractivity contribution in [2.45, 2.75) is 131 Å². The number of rotatable bonds is 6. The van der Waals surface area contributed by atoms with Gasteiger partial charge in [-0.1, -0.05) is 66.7 Å². The van der Waals surface area contributed by atoms with Crippen LogP contribution in [0.25, 0.3) is 5.57 Å². The molecule has 3 unspecified atom stereocenters. The Bertz CT molecular complexity index is 1540. The van der Waals surface area contributed by atoms with Crippen LogP contribution < -0.4 is 5.32 Å². The number of likely N-dealkylation sites (tertiary alicyclic amines) is 1. The van der Waals surface area contributed by atoms with Crippen LogP contribution in [0.3, 0.4) is 0 Å². The highest BCUT2D eigenvalue weighted by atomic mass is 19.3. The van der Waals surface area contributed by atoms with Crippen molar-refractivity contribution in [1.82, 2.24) is 10.2 Å². The fourth-order valence-corrected chi connectivity index (χ4v) is 14.2. The maximum atomic E-state index is 13.9. The number of methoxy groups -OCH3 is 1. The molecule has 5 fully saturated rings. The Morgan fingerprint density at radius 1 is 0.863 bits per heavy atom. The molecule has 1 amide bonds. The molecule has 7 rings (SSSR count). The first kappa shape index (κ1) is 37.1. The quantitative estimate of drug-likeness (QED) is 0.300. The third kappa shape index (κ3) is 5.75. The minimum absolute atomic E-state index is 0.00328. The molecule has 1 aliphatic heterocycles. The minimum atomic E-state index is -2.60. The Labute approximate surface area is 306 Å². The molecule has 1 aromatic carbocycles. The Balaban J connectivity index is 1.15. The summed E-state index contributed by atoms with van der Waals surface area (Å²) in [5, 5.41) is 3.68. The van der Waals surface area contributed by atoms with Crippen LogP contribution in [0.4, 0.5) is 8.78 Å². The van der Waals surface area contributed by atoms with E-state index in [-0.39, 0.29) is 58.5 Å². The zero-order valence-electron chi connectivity index (χ0n) is 32.7. The van der Waals surface area contributed by atoms with Gasteiger partial charge in [-0.05, 0) is 138 Å². The first-order valence-electron chi connectivity index (χ1n) is 20.2. The Kier molecular flexibility index (Phi) is 9.19. The number of ether oxygens (including phenoxy) is 1. The van der Waals surface area contributed by atoms with Gasteiger partial charge < -0.3 is 10.1 Å². The summed E-state index contributed by atoms with van der Waals surface area (Å²) in [7, 11) is 1.43. The van der Waals surface area contributed by atoms with Gasteiger partial charge in [0.25, 0.3) is 5.92 Å². The lowest BCUT2D eigenvalue weighted by Gasteiger charge is -2.72. The van der Waals surface area contributed by atoms with Crippen LogP contribution in [0.2, 0.25) is 0 Å². The molecule has 1 N–H and O–H groups in total. The van der Waals surface area contributed by atoms with E-state index in [0.29, 0.717) is 54.2 Å². The molecule has 6 aliphatic rings. The summed E-state index contributed by atoms with van der Waals surface area (Å²) >= 11 is 0. The number of benzene rings is 1. The highest BCUT2D eigenvalue weighted by Gasteiger charge is 2.70. The Morgan fingerprint density at radius 2 is 1.55 bits per heavy atom. The van der Waals surface area contributed by atoms with E-state index >= 15 is 0 Å². The molecule has 4 saturated carbocycles. The van der Waals surface area contributed by atoms with E-state index in [0.717, 1.165) is 32.1 Å². The van der Waals surface area contributed by atoms with E-state index in [1.165, 1.54) is 43.9 Å². The summed E-state index contributed by atoms with van der Waals surface area (Å²) in [5.41, 5.74) is 3.63. The first-order valence-corrected chi connectivity index (χ1v) is 20.2. The second-order valence-electron chi connectivity index (χ2n) is 19.6. The lowest BCUT2D eigenvalue weighted by Crippen LogP contribution is -2.68. The molecule has 7 heteroatoms. The van der Waals surface area contributed by atoms with Crippen molar-refractivity contribution in [2.24, 2.45) is 57.2 Å². The summed E-state index contributed by atoms with van der Waals surface area (Å²) in [6.45, 7) is 18.5. The summed E-state index contributed by atoms with van der Waals surface area (Å²) in [4.78, 5) is 27.8. The molecule has 1 saturated heterocycles. The first-order chi connectivity index (χ1) is 23.9. The largest absolute Gasteiger partial charge is 0.465 e. The van der Waals surface area contributed by atoms with Crippen molar-refractivity contribution < 1.29 is 23.1 Å². The lowest BCUT2D eigenvalue weighted by atomic mass is 9.33. The molecular formula is C44H64F2N2O3. The van der Waals surface area contributed by atoms with Gasteiger partial charge >= 0.3 is 5.97 Å². The molecule has 282 valence electrons. The van der Waals surface area contributed by atoms with Gasteiger partial charge in [-0.3, -0.25) is 9.69 Å². The van der Waals surface area contributed by atoms with E-state index in [9.17, 15) is 18.4 Å². The third-order valence-electron chi connectivity index (χ3n) is 16.9. The van der Waals surface area contributed by atoms with Crippen LogP contribution in [0.5, 0.6) is 0 Å². The molecule has 1 heterocycles. The summed E-state index contributed by atoms with van der Waals surface area (Å²) in [6.07, 6.45) is 12.6. The number of hydrogen-bond donors (Lipinski definition) is 1. The van der Waals surface area contributed by atoms with Crippen LogP contribution in [0.15, 0.2) is 30.3 Å². The smallest absolute Gasteiger partial charge is 0.337 e. The number of nitrogens with one attached hydrogen (secondary N) is 1. The zero-order valence-corrected chi connectivity index (χ0v) is 32.7. The van der Waals surface area contributed by atoms with Gasteiger partial charge in [0.1, 0.15) is 0 Å². The number of alkyl halides is 2. The summed E-state index contributed by atoms with van der Waals surface area (Å²) < 4.78 is 32.7. The normalized spacial score (nSPS) is 41.4. The van der Waals surface area contributed by atoms with Crippen molar-refractivity contribution in [2.75, 3.05) is 26.7 Å². The van der Waals surface area contributed by atoms with Crippen LogP contribution in [0.1, 0.15) is 135 Å². The standard InChI is InChI=1S/C44H64F2N2O3/c1-28(2)31-15-20-43(47-36(49)27-48-25-23-44(45,46)24-26-48)22-21-41(6)33(37(31)43)13-14-35-40(5)18-16-32(29-9-11-30(12-10-29)38(50)51-8)39(3,4)34(40)17-19-42(35,41)7/h9-12,16,28,31,33-35,37H,13-15,17-27H2,1-8H3,(H,47,49)/t31-,33+,34?,35?,37?,40-,41+,42+,43-/m0/s1. The van der Waals surface area contributed by atoms with Crippen molar-refractivity contribution in [3.8, 4) is 0 Å². The predicted molar refractivity (Wildman–Crippen MR) is 199 cm³/mol. The zero-order chi connectivity index (χ0) is 36.8. The van der Waals surface area contributed by atoms with Crippen molar-refractivity contribution >= 4 is 17.4 Å². The van der Waals surface area contributed by atoms with Gasteiger partial charge in [-0.25, -0.2) is 13.6 Å². The topological polar surface area (TPSA) is 58.6 Å². The molecule has 9 atom stereocenters. The Morgan fingerprint density at radius 3 is 2.20 bits per heavy atom. The minimum Gasteiger partial charge on any atom is -0.465 e. The van der Waals surface area contributed by atoms with Gasteiger partial charge in [0, 0.05) is 31.5 Å². The van der Waals surface area contributed by atoms with E-state index < -0.39 is 5.92 Å². The van der Waals surface area contributed by atoms with E-state index in [1.807, 2.05) is 17.0 Å². The fraction of sp³-hybridized carbons (Fsp3) is 0.773. The molecule has 0 radical (unpaired) electrons. The molecule has 0 aromatic heterocycles. The molecule has 5 aliphatic carbocycles. The van der Waals surface area contributed by atoms with E-state index in [1.54, 1.807) is 0 Å². The maximum Gasteiger partial charge on any atom is 0.337 e. The third-order valence-corrected chi connectivity index (χ3v) is 16.9. The Hall–Kier alpha value is -2.28. The lowest BCUT2D eigenvalue weighted by molar-refractivity contribution is -0.221. The number of piperidine rings is 1. The van der Waals surface area contributed by atoms with Crippen LogP contribution in [0, 0.1) is 57.2 Å². The number of allylic oxidation sites excluding steroid dienone is 2. The fourth-order valence-electron chi connectivity index (χ4n) is 14.2. The second-order valence-corrected chi connectivity index (χ2v) is 19.6. The van der Waals surface area contributed by atoms with Crippen LogP contribution in [-0.2, 0) is 9.53 Å². The van der Waals surface area contributed by atoms with Gasteiger partial charge in [-0.2, -0.15) is 0 Å².